The van der Waals surface area contributed by atoms with Gasteiger partial charge in [-0.15, -0.1) is 0 Å². The van der Waals surface area contributed by atoms with Crippen molar-refractivity contribution in [2.75, 3.05) is 0 Å². The molecule has 1 nitrogen and oxygen atoms in total. The third-order valence-corrected chi connectivity index (χ3v) is 3.75. The van der Waals surface area contributed by atoms with Crippen molar-refractivity contribution in [3.8, 4) is 0 Å². The van der Waals surface area contributed by atoms with Crippen LogP contribution >= 0.6 is 15.9 Å². The Bertz CT molecular complexity index is 596. The lowest BCUT2D eigenvalue weighted by atomic mass is 9.86. The fraction of sp³-hybridized carbons (Fsp3) is 0.200. The van der Waals surface area contributed by atoms with Crippen LogP contribution in [0.15, 0.2) is 46.9 Å². The summed E-state index contributed by atoms with van der Waals surface area (Å²) in [5.74, 6) is -0.899. The Morgan fingerprint density at radius 2 is 1.84 bits per heavy atom. The summed E-state index contributed by atoms with van der Waals surface area (Å²) in [5, 5.41) is 0. The van der Waals surface area contributed by atoms with Crippen LogP contribution in [0, 0.1) is 11.6 Å². The highest BCUT2D eigenvalue weighted by Gasteiger charge is 2.25. The van der Waals surface area contributed by atoms with Crippen LogP contribution in [0.2, 0.25) is 0 Å². The smallest absolute Gasteiger partial charge is 0.126 e. The molecule has 1 unspecified atom stereocenters. The third kappa shape index (κ3) is 3.19. The molecule has 0 aliphatic rings. The van der Waals surface area contributed by atoms with Gasteiger partial charge in [0.2, 0.25) is 0 Å². The molecule has 0 saturated heterocycles. The average molecular weight is 326 g/mol. The van der Waals surface area contributed by atoms with Crippen LogP contribution in [-0.2, 0) is 12.0 Å². The SMILES string of the molecule is CC(N)(Cc1cc(F)ccc1F)c1ccccc1Br. The minimum atomic E-state index is -0.783. The predicted molar refractivity (Wildman–Crippen MR) is 75.7 cm³/mol. The van der Waals surface area contributed by atoms with Gasteiger partial charge in [0.05, 0.1) is 0 Å². The standard InChI is InChI=1S/C15H14BrF2N/c1-15(19,12-4-2-3-5-13(12)16)9-10-8-11(17)6-7-14(10)18/h2-8H,9,19H2,1H3. The lowest BCUT2D eigenvalue weighted by Gasteiger charge is -2.26. The number of hydrogen-bond acceptors (Lipinski definition) is 1. The number of nitrogens with two attached hydrogens (primary N) is 1. The molecule has 0 heterocycles. The minimum Gasteiger partial charge on any atom is -0.321 e. The van der Waals surface area contributed by atoms with Gasteiger partial charge in [-0.1, -0.05) is 34.1 Å². The van der Waals surface area contributed by atoms with Crippen molar-refractivity contribution >= 4 is 15.9 Å². The molecule has 2 aromatic carbocycles. The van der Waals surface area contributed by atoms with Gasteiger partial charge >= 0.3 is 0 Å². The fourth-order valence-corrected chi connectivity index (χ4v) is 2.83. The first kappa shape index (κ1) is 14.2. The zero-order valence-corrected chi connectivity index (χ0v) is 12.0. The summed E-state index contributed by atoms with van der Waals surface area (Å²) in [6.45, 7) is 1.80. The Kier molecular flexibility index (Phi) is 4.02. The number of hydrogen-bond donors (Lipinski definition) is 1. The predicted octanol–water partition coefficient (Wildman–Crippen LogP) is 4.14. The Morgan fingerprint density at radius 1 is 1.16 bits per heavy atom. The largest absolute Gasteiger partial charge is 0.321 e. The van der Waals surface area contributed by atoms with Crippen molar-refractivity contribution < 1.29 is 8.78 Å². The highest BCUT2D eigenvalue weighted by atomic mass is 79.9. The molecule has 19 heavy (non-hydrogen) atoms. The van der Waals surface area contributed by atoms with E-state index in [0.29, 0.717) is 0 Å². The first-order chi connectivity index (χ1) is 8.90. The van der Waals surface area contributed by atoms with Gasteiger partial charge in [-0.2, -0.15) is 0 Å². The van der Waals surface area contributed by atoms with Gasteiger partial charge in [0.25, 0.3) is 0 Å². The molecule has 0 spiro atoms. The second-order valence-electron chi connectivity index (χ2n) is 4.81. The van der Waals surface area contributed by atoms with Gasteiger partial charge < -0.3 is 5.73 Å². The van der Waals surface area contributed by atoms with Crippen LogP contribution in [0.3, 0.4) is 0 Å². The maximum absolute atomic E-state index is 13.7. The summed E-state index contributed by atoms with van der Waals surface area (Å²) in [7, 11) is 0. The molecule has 2 N–H and O–H groups in total. The molecule has 0 fully saturated rings. The maximum atomic E-state index is 13.7. The van der Waals surface area contributed by atoms with Crippen molar-refractivity contribution in [1.29, 1.82) is 0 Å². The molecule has 0 aliphatic heterocycles. The normalized spacial score (nSPS) is 14.2. The Hall–Kier alpha value is -1.26. The molecule has 0 aliphatic carbocycles. The van der Waals surface area contributed by atoms with Crippen molar-refractivity contribution in [1.82, 2.24) is 0 Å². The molecule has 2 rings (SSSR count). The van der Waals surface area contributed by atoms with Crippen molar-refractivity contribution in [2.24, 2.45) is 5.73 Å². The van der Waals surface area contributed by atoms with Gasteiger partial charge in [-0.25, -0.2) is 8.78 Å². The molecule has 4 heteroatoms. The van der Waals surface area contributed by atoms with E-state index in [1.807, 2.05) is 24.3 Å². The summed E-state index contributed by atoms with van der Waals surface area (Å²) in [4.78, 5) is 0. The van der Waals surface area contributed by atoms with Crippen LogP contribution in [0.25, 0.3) is 0 Å². The molecule has 1 atom stereocenters. The quantitative estimate of drug-likeness (QED) is 0.901. The molecule has 0 amide bonds. The van der Waals surface area contributed by atoms with Crippen LogP contribution in [-0.4, -0.2) is 0 Å². The zero-order valence-electron chi connectivity index (χ0n) is 10.5. The lowest BCUT2D eigenvalue weighted by molar-refractivity contribution is 0.470. The van der Waals surface area contributed by atoms with E-state index in [1.165, 1.54) is 6.07 Å². The molecule has 2 aromatic rings. The Morgan fingerprint density at radius 3 is 2.53 bits per heavy atom. The molecular weight excluding hydrogens is 312 g/mol. The van der Waals surface area contributed by atoms with Gasteiger partial charge in [-0.05, 0) is 48.7 Å². The minimum absolute atomic E-state index is 0.221. The number of benzene rings is 2. The van der Waals surface area contributed by atoms with E-state index >= 15 is 0 Å². The highest BCUT2D eigenvalue weighted by Crippen LogP contribution is 2.30. The summed E-state index contributed by atoms with van der Waals surface area (Å²) in [5.41, 5.74) is 6.63. The fourth-order valence-electron chi connectivity index (χ4n) is 2.09. The molecule has 0 saturated carbocycles. The van der Waals surface area contributed by atoms with Gasteiger partial charge in [0.15, 0.2) is 0 Å². The van der Waals surface area contributed by atoms with E-state index < -0.39 is 17.2 Å². The number of rotatable bonds is 3. The maximum Gasteiger partial charge on any atom is 0.126 e. The summed E-state index contributed by atoms with van der Waals surface area (Å²) >= 11 is 3.43. The van der Waals surface area contributed by atoms with E-state index in [4.69, 9.17) is 5.73 Å². The molecule has 0 bridgehead atoms. The van der Waals surface area contributed by atoms with E-state index in [-0.39, 0.29) is 12.0 Å². The summed E-state index contributed by atoms with van der Waals surface area (Å²) in [6.07, 6.45) is 0.221. The van der Waals surface area contributed by atoms with Crippen molar-refractivity contribution in [3.05, 3.63) is 69.7 Å². The Labute approximate surface area is 119 Å². The highest BCUT2D eigenvalue weighted by molar-refractivity contribution is 9.10. The second-order valence-corrected chi connectivity index (χ2v) is 5.66. The van der Waals surface area contributed by atoms with Crippen LogP contribution in [0.1, 0.15) is 18.1 Å². The number of halogens is 3. The first-order valence-corrected chi connectivity index (χ1v) is 6.67. The zero-order chi connectivity index (χ0) is 14.0. The van der Waals surface area contributed by atoms with Crippen molar-refractivity contribution in [3.63, 3.8) is 0 Å². The van der Waals surface area contributed by atoms with Crippen molar-refractivity contribution in [2.45, 2.75) is 18.9 Å². The van der Waals surface area contributed by atoms with E-state index in [1.54, 1.807) is 6.92 Å². The molecule has 0 radical (unpaired) electrons. The first-order valence-electron chi connectivity index (χ1n) is 5.88. The van der Waals surface area contributed by atoms with Crippen LogP contribution in [0.5, 0.6) is 0 Å². The monoisotopic (exact) mass is 325 g/mol. The summed E-state index contributed by atoms with van der Waals surface area (Å²) < 4.78 is 27.7. The molecular formula is C15H14BrF2N. The van der Waals surface area contributed by atoms with Crippen LogP contribution in [0.4, 0.5) is 8.78 Å². The van der Waals surface area contributed by atoms with E-state index in [2.05, 4.69) is 15.9 Å². The second kappa shape index (κ2) is 5.39. The van der Waals surface area contributed by atoms with Gasteiger partial charge in [0, 0.05) is 10.0 Å². The van der Waals surface area contributed by atoms with E-state index in [0.717, 1.165) is 22.2 Å². The summed E-state index contributed by atoms with van der Waals surface area (Å²) in [6, 6.07) is 10.9. The van der Waals surface area contributed by atoms with Crippen LogP contribution < -0.4 is 5.73 Å². The Balaban J connectivity index is 2.36. The molecule has 0 aromatic heterocycles. The average Bonchev–Trinajstić information content (AvgIpc) is 2.34. The topological polar surface area (TPSA) is 26.0 Å². The lowest BCUT2D eigenvalue weighted by Crippen LogP contribution is -2.36. The van der Waals surface area contributed by atoms with Gasteiger partial charge in [-0.3, -0.25) is 0 Å². The van der Waals surface area contributed by atoms with E-state index in [9.17, 15) is 8.78 Å². The molecule has 100 valence electrons. The van der Waals surface area contributed by atoms with Gasteiger partial charge in [0.1, 0.15) is 11.6 Å². The third-order valence-electron chi connectivity index (χ3n) is 3.05.